The van der Waals surface area contributed by atoms with Gasteiger partial charge in [-0.05, 0) is 28.1 Å². The van der Waals surface area contributed by atoms with Crippen LogP contribution < -0.4 is 5.73 Å². The van der Waals surface area contributed by atoms with Gasteiger partial charge in [-0.2, -0.15) is 0 Å². The Kier molecular flexibility index (Phi) is 4.48. The number of hydrogen-bond acceptors (Lipinski definition) is 3. The number of rotatable bonds is 4. The zero-order valence-corrected chi connectivity index (χ0v) is 9.57. The van der Waals surface area contributed by atoms with E-state index in [1.165, 1.54) is 0 Å². The normalized spacial score (nSPS) is 10.0. The van der Waals surface area contributed by atoms with Crippen LogP contribution in [-0.2, 0) is 0 Å². The van der Waals surface area contributed by atoms with E-state index in [1.807, 2.05) is 12.1 Å². The molecule has 1 rings (SSSR count). The maximum Gasteiger partial charge on any atom is 0.0963 e. The molecule has 0 spiro atoms. The third kappa shape index (κ3) is 3.93. The first kappa shape index (κ1) is 10.8. The molecule has 0 atom stereocenters. The minimum absolute atomic E-state index is 0.545. The van der Waals surface area contributed by atoms with Crippen molar-refractivity contribution in [3.05, 3.63) is 35.0 Å². The summed E-state index contributed by atoms with van der Waals surface area (Å²) in [5.74, 6) is 0.838. The molecule has 2 N–H and O–H groups in total. The number of halogens is 1. The van der Waals surface area contributed by atoms with Crippen molar-refractivity contribution in [3.8, 4) is 0 Å². The predicted octanol–water partition coefficient (Wildman–Crippen LogP) is 2.45. The molecule has 1 aromatic rings. The van der Waals surface area contributed by atoms with Crippen molar-refractivity contribution < 1.29 is 0 Å². The lowest BCUT2D eigenvalue weighted by Gasteiger charge is -2.01. The van der Waals surface area contributed by atoms with Gasteiger partial charge in [-0.3, -0.25) is 0 Å². The zero-order valence-electron chi connectivity index (χ0n) is 7.16. The molecule has 4 heteroatoms. The van der Waals surface area contributed by atoms with E-state index in [0.717, 1.165) is 20.8 Å². The Morgan fingerprint density at radius 3 is 2.92 bits per heavy atom. The van der Waals surface area contributed by atoms with Crippen molar-refractivity contribution in [1.29, 1.82) is 0 Å². The first-order valence-corrected chi connectivity index (χ1v) is 5.61. The van der Waals surface area contributed by atoms with Crippen LogP contribution in [0.25, 0.3) is 0 Å². The molecule has 1 heterocycles. The smallest absolute Gasteiger partial charge is 0.0963 e. The van der Waals surface area contributed by atoms with E-state index >= 15 is 0 Å². The van der Waals surface area contributed by atoms with E-state index < -0.39 is 0 Å². The van der Waals surface area contributed by atoms with Gasteiger partial charge in [-0.25, -0.2) is 4.98 Å². The van der Waals surface area contributed by atoms with E-state index in [2.05, 4.69) is 27.5 Å². The molecular weight excluding hydrogens is 248 g/mol. The van der Waals surface area contributed by atoms with E-state index in [1.54, 1.807) is 18.0 Å². The van der Waals surface area contributed by atoms with Gasteiger partial charge in [0.25, 0.3) is 0 Å². The highest BCUT2D eigenvalue weighted by atomic mass is 79.9. The lowest BCUT2D eigenvalue weighted by atomic mass is 10.4. The topological polar surface area (TPSA) is 38.9 Å². The maximum absolute atomic E-state index is 5.42. The van der Waals surface area contributed by atoms with Gasteiger partial charge in [0.05, 0.1) is 5.03 Å². The van der Waals surface area contributed by atoms with Gasteiger partial charge in [0.15, 0.2) is 0 Å². The van der Waals surface area contributed by atoms with Crippen LogP contribution >= 0.6 is 27.7 Å². The average molecular weight is 259 g/mol. The van der Waals surface area contributed by atoms with Crippen LogP contribution in [0.3, 0.4) is 0 Å². The zero-order chi connectivity index (χ0) is 9.68. The molecule has 0 aliphatic heterocycles. The van der Waals surface area contributed by atoms with Gasteiger partial charge in [0.2, 0.25) is 0 Å². The summed E-state index contributed by atoms with van der Waals surface area (Å²) in [7, 11) is 0. The fourth-order valence-corrected chi connectivity index (χ4v) is 1.68. The van der Waals surface area contributed by atoms with E-state index in [-0.39, 0.29) is 0 Å². The van der Waals surface area contributed by atoms with Gasteiger partial charge in [-0.1, -0.05) is 12.2 Å². The highest BCUT2D eigenvalue weighted by Crippen LogP contribution is 2.18. The third-order valence-corrected chi connectivity index (χ3v) is 2.97. The van der Waals surface area contributed by atoms with Crippen LogP contribution in [0.5, 0.6) is 0 Å². The predicted molar refractivity (Wildman–Crippen MR) is 60.9 cm³/mol. The van der Waals surface area contributed by atoms with Crippen molar-refractivity contribution in [2.24, 2.45) is 5.73 Å². The number of thioether (sulfide) groups is 1. The van der Waals surface area contributed by atoms with Crippen LogP contribution in [0.4, 0.5) is 0 Å². The molecule has 0 fully saturated rings. The summed E-state index contributed by atoms with van der Waals surface area (Å²) < 4.78 is 0.995. The molecule has 0 aliphatic carbocycles. The molecule has 0 amide bonds. The van der Waals surface area contributed by atoms with Crippen molar-refractivity contribution >= 4 is 27.7 Å². The lowest BCUT2D eigenvalue weighted by molar-refractivity contribution is 1.11. The van der Waals surface area contributed by atoms with E-state index in [0.29, 0.717) is 6.54 Å². The summed E-state index contributed by atoms with van der Waals surface area (Å²) >= 11 is 4.98. The maximum atomic E-state index is 5.42. The van der Waals surface area contributed by atoms with Crippen LogP contribution in [-0.4, -0.2) is 17.3 Å². The third-order valence-electron chi connectivity index (χ3n) is 1.41. The first-order valence-electron chi connectivity index (χ1n) is 3.83. The van der Waals surface area contributed by atoms with Crippen molar-refractivity contribution in [2.45, 2.75) is 5.03 Å². The highest BCUT2D eigenvalue weighted by molar-refractivity contribution is 9.10. The molecule has 0 unspecified atom stereocenters. The standard InChI is InChI=1S/C9H11BrN2S/c1-7(4-11)6-13-9-3-2-8(10)5-12-9/h2-3,5H,1,4,6,11H2. The molecule has 0 saturated carbocycles. The highest BCUT2D eigenvalue weighted by Gasteiger charge is 1.96. The number of nitrogens with zero attached hydrogens (tertiary/aromatic N) is 1. The summed E-state index contributed by atoms with van der Waals surface area (Å²) in [5, 5.41) is 0.998. The molecule has 0 aromatic carbocycles. The molecule has 0 aliphatic rings. The lowest BCUT2D eigenvalue weighted by Crippen LogP contribution is -2.03. The Morgan fingerprint density at radius 1 is 1.62 bits per heavy atom. The van der Waals surface area contributed by atoms with Crippen molar-refractivity contribution in [3.63, 3.8) is 0 Å². The van der Waals surface area contributed by atoms with Gasteiger partial charge in [0, 0.05) is 23.0 Å². The number of nitrogens with two attached hydrogens (primary N) is 1. The Bertz CT molecular complexity index is 284. The first-order chi connectivity index (χ1) is 6.22. The van der Waals surface area contributed by atoms with Gasteiger partial charge in [-0.15, -0.1) is 11.8 Å². The second-order valence-corrected chi connectivity index (χ2v) is 4.47. The minimum Gasteiger partial charge on any atom is -0.327 e. The molecule has 1 aromatic heterocycles. The Morgan fingerprint density at radius 2 is 2.38 bits per heavy atom. The quantitative estimate of drug-likeness (QED) is 0.666. The number of aromatic nitrogens is 1. The van der Waals surface area contributed by atoms with E-state index in [9.17, 15) is 0 Å². The Balaban J connectivity index is 2.46. The van der Waals surface area contributed by atoms with Crippen LogP contribution in [0.1, 0.15) is 0 Å². The molecule has 0 bridgehead atoms. The number of hydrogen-bond donors (Lipinski definition) is 1. The molecule has 13 heavy (non-hydrogen) atoms. The fraction of sp³-hybridized carbons (Fsp3) is 0.222. The summed E-state index contributed by atoms with van der Waals surface area (Å²) in [4.78, 5) is 4.22. The largest absolute Gasteiger partial charge is 0.327 e. The Labute approximate surface area is 90.8 Å². The summed E-state index contributed by atoms with van der Waals surface area (Å²) in [6, 6.07) is 3.94. The molecule has 2 nitrogen and oxygen atoms in total. The molecular formula is C9H11BrN2S. The van der Waals surface area contributed by atoms with Crippen LogP contribution in [0.2, 0.25) is 0 Å². The van der Waals surface area contributed by atoms with Gasteiger partial charge < -0.3 is 5.73 Å². The fourth-order valence-electron chi connectivity index (χ4n) is 0.683. The average Bonchev–Trinajstić information content (AvgIpc) is 2.16. The summed E-state index contributed by atoms with van der Waals surface area (Å²) in [5.41, 5.74) is 6.46. The molecule has 0 saturated heterocycles. The minimum atomic E-state index is 0.545. The summed E-state index contributed by atoms with van der Waals surface area (Å²) in [6.45, 7) is 4.37. The van der Waals surface area contributed by atoms with Gasteiger partial charge >= 0.3 is 0 Å². The second-order valence-electron chi connectivity index (χ2n) is 2.56. The molecule has 0 radical (unpaired) electrons. The second kappa shape index (κ2) is 5.42. The van der Waals surface area contributed by atoms with Crippen molar-refractivity contribution in [2.75, 3.05) is 12.3 Å². The van der Waals surface area contributed by atoms with Crippen LogP contribution in [0, 0.1) is 0 Å². The van der Waals surface area contributed by atoms with E-state index in [4.69, 9.17) is 5.73 Å². The molecule has 70 valence electrons. The van der Waals surface area contributed by atoms with Crippen molar-refractivity contribution in [1.82, 2.24) is 4.98 Å². The Hall–Kier alpha value is -0.320. The summed E-state index contributed by atoms with van der Waals surface area (Å²) in [6.07, 6.45) is 1.79. The van der Waals surface area contributed by atoms with Crippen LogP contribution in [0.15, 0.2) is 40.0 Å². The SMILES string of the molecule is C=C(CN)CSc1ccc(Br)cn1. The van der Waals surface area contributed by atoms with Gasteiger partial charge in [0.1, 0.15) is 0 Å². The monoisotopic (exact) mass is 258 g/mol. The number of pyridine rings is 1.